The highest BCUT2D eigenvalue weighted by atomic mass is 28.2. The zero-order chi connectivity index (χ0) is 6.81. The second kappa shape index (κ2) is 2.50. The Balaban J connectivity index is 2.15. The average Bonchev–Trinajstić information content (AvgIpc) is 2.59. The number of hydrogen-bond acceptors (Lipinski definition) is 0. The topological polar surface area (TPSA) is 0 Å². The fraction of sp³-hybridized carbons (Fsp3) is 0.222. The van der Waals surface area contributed by atoms with Crippen LogP contribution >= 0.6 is 0 Å². The van der Waals surface area contributed by atoms with Crippen molar-refractivity contribution in [2.75, 3.05) is 0 Å². The lowest BCUT2D eigenvalue weighted by Crippen LogP contribution is -2.02. The summed E-state index contributed by atoms with van der Waals surface area (Å²) in [6, 6.07) is 1.32. The molecule has 1 aliphatic heterocycles. The molecule has 0 bridgehead atoms. The van der Waals surface area contributed by atoms with Crippen LogP contribution in [0.4, 0.5) is 0 Å². The van der Waals surface area contributed by atoms with Crippen molar-refractivity contribution < 1.29 is 0 Å². The first-order valence-corrected chi connectivity index (χ1v) is 5.47. The summed E-state index contributed by atoms with van der Waals surface area (Å²) in [5.74, 6) is 0. The normalized spacial score (nSPS) is 21.6. The van der Waals surface area contributed by atoms with Gasteiger partial charge in [-0.15, -0.1) is 0 Å². The van der Waals surface area contributed by atoms with Crippen molar-refractivity contribution in [3.05, 3.63) is 35.6 Å². The van der Waals surface area contributed by atoms with Gasteiger partial charge in [0.2, 0.25) is 0 Å². The highest BCUT2D eigenvalue weighted by Crippen LogP contribution is 2.14. The number of allylic oxidation sites excluding steroid dienone is 6. The van der Waals surface area contributed by atoms with Gasteiger partial charge in [-0.3, -0.25) is 0 Å². The Morgan fingerprint density at radius 1 is 1.20 bits per heavy atom. The number of rotatable bonds is 1. The lowest BCUT2D eigenvalue weighted by atomic mass is 10.5. The molecule has 1 heteroatoms. The molecule has 0 saturated carbocycles. The zero-order valence-corrected chi connectivity index (χ0v) is 6.88. The van der Waals surface area contributed by atoms with Crippen LogP contribution in [0.3, 0.4) is 0 Å². The molecule has 0 unspecified atom stereocenters. The van der Waals surface area contributed by atoms with Gasteiger partial charge in [0.15, 0.2) is 0 Å². The van der Waals surface area contributed by atoms with E-state index < -0.39 is 0 Å². The Hall–Kier alpha value is -0.693. The van der Waals surface area contributed by atoms with Gasteiger partial charge in [-0.2, -0.15) is 0 Å². The van der Waals surface area contributed by atoms with E-state index in [2.05, 4.69) is 36.1 Å². The number of hydrogen-bond donors (Lipinski definition) is 0. The maximum atomic E-state index is 2.39. The maximum Gasteiger partial charge on any atom is 0.0448 e. The average molecular weight is 146 g/mol. The van der Waals surface area contributed by atoms with Crippen LogP contribution in [0.15, 0.2) is 35.6 Å². The summed E-state index contributed by atoms with van der Waals surface area (Å²) in [6.07, 6.45) is 12.4. The summed E-state index contributed by atoms with van der Waals surface area (Å²) >= 11 is 0. The first-order chi connectivity index (χ1) is 4.97. The van der Waals surface area contributed by atoms with Crippen molar-refractivity contribution in [3.63, 3.8) is 0 Å². The summed E-state index contributed by atoms with van der Waals surface area (Å²) in [5.41, 5.74) is 2.39. The Morgan fingerprint density at radius 2 is 2.20 bits per heavy atom. The monoisotopic (exact) mass is 146 g/mol. The van der Waals surface area contributed by atoms with Gasteiger partial charge in [-0.25, -0.2) is 0 Å². The molecule has 1 aliphatic carbocycles. The van der Waals surface area contributed by atoms with Crippen LogP contribution in [-0.2, 0) is 0 Å². The van der Waals surface area contributed by atoms with E-state index in [-0.39, 0.29) is 8.41 Å². The summed E-state index contributed by atoms with van der Waals surface area (Å²) in [6.45, 7) is 0. The second-order valence-electron chi connectivity index (χ2n) is 2.65. The molecule has 2 aliphatic rings. The fourth-order valence-corrected chi connectivity index (χ4v) is 3.43. The molecule has 0 fully saturated rings. The molecular formula is C9H10Si. The first kappa shape index (κ1) is 6.05. The third kappa shape index (κ3) is 0.970. The van der Waals surface area contributed by atoms with Gasteiger partial charge in [-0.05, 0) is 12.5 Å². The first-order valence-electron chi connectivity index (χ1n) is 3.68. The predicted octanol–water partition coefficient (Wildman–Crippen LogP) is 1.86. The highest BCUT2D eigenvalue weighted by molar-refractivity contribution is 6.75. The quantitative estimate of drug-likeness (QED) is 0.495. The molecular weight excluding hydrogens is 136 g/mol. The van der Waals surface area contributed by atoms with E-state index in [0.29, 0.717) is 0 Å². The molecule has 10 heavy (non-hydrogen) atoms. The minimum absolute atomic E-state index is 0.227. The van der Waals surface area contributed by atoms with E-state index in [9.17, 15) is 0 Å². The highest BCUT2D eigenvalue weighted by Gasteiger charge is 2.07. The molecule has 0 spiro atoms. The smallest absolute Gasteiger partial charge is 0.0448 e. The summed E-state index contributed by atoms with van der Waals surface area (Å²) < 4.78 is 0. The van der Waals surface area contributed by atoms with Gasteiger partial charge >= 0.3 is 0 Å². The molecule has 0 nitrogen and oxygen atoms in total. The standard InChI is InChI=1S/C9H10Si/c1-2-6-9(5-1)10-7-3-4-8-10/h1-5,7H,6,8H2. The Morgan fingerprint density at radius 3 is 2.80 bits per heavy atom. The van der Waals surface area contributed by atoms with Crippen LogP contribution in [0.25, 0.3) is 0 Å². The van der Waals surface area contributed by atoms with Gasteiger partial charge in [0.05, 0.1) is 0 Å². The molecule has 0 N–H and O–H groups in total. The van der Waals surface area contributed by atoms with Crippen LogP contribution in [0.5, 0.6) is 0 Å². The van der Waals surface area contributed by atoms with Gasteiger partial charge in [0.25, 0.3) is 0 Å². The van der Waals surface area contributed by atoms with Crippen molar-refractivity contribution in [3.8, 4) is 0 Å². The van der Waals surface area contributed by atoms with Crippen LogP contribution in [0.2, 0.25) is 6.04 Å². The van der Waals surface area contributed by atoms with Crippen LogP contribution in [-0.4, -0.2) is 14.1 Å². The second-order valence-corrected chi connectivity index (χ2v) is 5.08. The SMILES string of the molecule is C1=CCC([Si]2=CC=CC2)=C1. The summed E-state index contributed by atoms with van der Waals surface area (Å²) in [5, 5.41) is 1.68. The lowest BCUT2D eigenvalue weighted by Gasteiger charge is -1.98. The lowest BCUT2D eigenvalue weighted by molar-refractivity contribution is 1.38. The van der Waals surface area contributed by atoms with Crippen molar-refractivity contribution in [1.82, 2.24) is 0 Å². The molecule has 1 heterocycles. The zero-order valence-electron chi connectivity index (χ0n) is 5.88. The van der Waals surface area contributed by atoms with Gasteiger partial charge in [0, 0.05) is 8.41 Å². The van der Waals surface area contributed by atoms with Crippen molar-refractivity contribution in [1.29, 1.82) is 0 Å². The maximum absolute atomic E-state index is 2.39. The minimum Gasteiger partial charge on any atom is -0.0841 e. The molecule has 50 valence electrons. The molecule has 0 radical (unpaired) electrons. The van der Waals surface area contributed by atoms with E-state index in [4.69, 9.17) is 0 Å². The van der Waals surface area contributed by atoms with E-state index in [1.165, 1.54) is 12.5 Å². The predicted molar refractivity (Wildman–Crippen MR) is 47.6 cm³/mol. The van der Waals surface area contributed by atoms with E-state index in [1.807, 2.05) is 0 Å². The molecule has 0 atom stereocenters. The van der Waals surface area contributed by atoms with Crippen molar-refractivity contribution >= 4 is 14.1 Å². The molecule has 0 aromatic rings. The summed E-state index contributed by atoms with van der Waals surface area (Å²) in [4.78, 5) is 0. The third-order valence-electron chi connectivity index (χ3n) is 1.95. The van der Waals surface area contributed by atoms with Gasteiger partial charge < -0.3 is 0 Å². The van der Waals surface area contributed by atoms with Crippen LogP contribution in [0, 0.1) is 0 Å². The molecule has 0 amide bonds. The van der Waals surface area contributed by atoms with E-state index in [0.717, 1.165) is 0 Å². The largest absolute Gasteiger partial charge is 0.0841 e. The van der Waals surface area contributed by atoms with Crippen LogP contribution < -0.4 is 0 Å². The third-order valence-corrected chi connectivity index (χ3v) is 4.42. The van der Waals surface area contributed by atoms with E-state index >= 15 is 0 Å². The van der Waals surface area contributed by atoms with Crippen molar-refractivity contribution in [2.24, 2.45) is 0 Å². The van der Waals surface area contributed by atoms with Gasteiger partial charge in [-0.1, -0.05) is 41.2 Å². The van der Waals surface area contributed by atoms with Gasteiger partial charge in [0.1, 0.15) is 0 Å². The Bertz CT molecular complexity index is 226. The van der Waals surface area contributed by atoms with Crippen LogP contribution in [0.1, 0.15) is 6.42 Å². The van der Waals surface area contributed by atoms with E-state index in [1.54, 1.807) is 5.20 Å². The Labute approximate surface area is 62.8 Å². The van der Waals surface area contributed by atoms with Crippen molar-refractivity contribution in [2.45, 2.75) is 12.5 Å². The minimum atomic E-state index is -0.227. The molecule has 2 rings (SSSR count). The molecule has 0 saturated heterocycles. The fourth-order valence-electron chi connectivity index (χ4n) is 1.37. The summed E-state index contributed by atoms with van der Waals surface area (Å²) in [7, 11) is -0.227. The molecule has 0 aromatic carbocycles. The Kier molecular flexibility index (Phi) is 1.51. The molecule has 0 aromatic heterocycles.